The SMILES string of the molecule is COC(=O)C(CS(=O)(=O)C(C)C(C)C)NC(C)=O. The number of esters is 1. The molecule has 6 nitrogen and oxygen atoms in total. The minimum atomic E-state index is -3.48. The molecule has 1 amide bonds. The first-order valence-corrected chi connectivity index (χ1v) is 7.39. The van der Waals surface area contributed by atoms with E-state index in [0.29, 0.717) is 0 Å². The molecule has 0 aromatic rings. The van der Waals surface area contributed by atoms with E-state index in [2.05, 4.69) is 10.1 Å². The molecule has 2 unspecified atom stereocenters. The van der Waals surface area contributed by atoms with Crippen LogP contribution in [0.15, 0.2) is 0 Å². The summed E-state index contributed by atoms with van der Waals surface area (Å²) in [4.78, 5) is 22.4. The summed E-state index contributed by atoms with van der Waals surface area (Å²) in [5, 5.41) is 1.70. The zero-order chi connectivity index (χ0) is 14.5. The fourth-order valence-electron chi connectivity index (χ4n) is 1.36. The molecular formula is C11H21NO5S. The predicted octanol–water partition coefficient (Wildman–Crippen LogP) is 0.123. The normalized spacial score (nSPS) is 15.0. The van der Waals surface area contributed by atoms with Crippen LogP contribution < -0.4 is 5.32 Å². The number of methoxy groups -OCH3 is 1. The first-order valence-electron chi connectivity index (χ1n) is 5.68. The van der Waals surface area contributed by atoms with Crippen LogP contribution in [0, 0.1) is 5.92 Å². The monoisotopic (exact) mass is 279 g/mol. The molecule has 0 bridgehead atoms. The van der Waals surface area contributed by atoms with Crippen molar-refractivity contribution in [3.8, 4) is 0 Å². The molecule has 0 aliphatic heterocycles. The Morgan fingerprint density at radius 2 is 1.72 bits per heavy atom. The summed E-state index contributed by atoms with van der Waals surface area (Å²) in [7, 11) is -2.33. The lowest BCUT2D eigenvalue weighted by molar-refractivity contribution is -0.144. The third-order valence-electron chi connectivity index (χ3n) is 2.77. The van der Waals surface area contributed by atoms with Crippen LogP contribution in [0.4, 0.5) is 0 Å². The molecule has 0 fully saturated rings. The Kier molecular flexibility index (Phi) is 6.31. The molecular weight excluding hydrogens is 258 g/mol. The molecule has 1 N–H and O–H groups in total. The Hall–Kier alpha value is -1.11. The smallest absolute Gasteiger partial charge is 0.329 e. The van der Waals surface area contributed by atoms with Crippen molar-refractivity contribution in [2.45, 2.75) is 39.0 Å². The zero-order valence-electron chi connectivity index (χ0n) is 11.4. The van der Waals surface area contributed by atoms with Crippen LogP contribution in [-0.2, 0) is 24.2 Å². The lowest BCUT2D eigenvalue weighted by Crippen LogP contribution is -2.47. The van der Waals surface area contributed by atoms with Crippen LogP contribution in [0.1, 0.15) is 27.7 Å². The van der Waals surface area contributed by atoms with Crippen LogP contribution in [-0.4, -0.2) is 44.4 Å². The molecule has 106 valence electrons. The van der Waals surface area contributed by atoms with Crippen molar-refractivity contribution in [1.29, 1.82) is 0 Å². The molecule has 2 atom stereocenters. The summed E-state index contributed by atoms with van der Waals surface area (Å²) in [6.45, 7) is 6.37. The Bertz CT molecular complexity index is 402. The number of carbonyl (C=O) groups is 2. The van der Waals surface area contributed by atoms with Gasteiger partial charge in [0.1, 0.15) is 6.04 Å². The van der Waals surface area contributed by atoms with Gasteiger partial charge in [-0.2, -0.15) is 0 Å². The van der Waals surface area contributed by atoms with Gasteiger partial charge < -0.3 is 10.1 Å². The summed E-state index contributed by atoms with van der Waals surface area (Å²) in [6, 6.07) is -1.15. The Labute approximate surface area is 108 Å². The quantitative estimate of drug-likeness (QED) is 0.698. The van der Waals surface area contributed by atoms with E-state index in [9.17, 15) is 18.0 Å². The van der Waals surface area contributed by atoms with Gasteiger partial charge in [0.15, 0.2) is 9.84 Å². The Morgan fingerprint density at radius 1 is 1.22 bits per heavy atom. The number of hydrogen-bond acceptors (Lipinski definition) is 5. The highest BCUT2D eigenvalue weighted by molar-refractivity contribution is 7.92. The van der Waals surface area contributed by atoms with Crippen molar-refractivity contribution in [1.82, 2.24) is 5.32 Å². The molecule has 0 spiro atoms. The van der Waals surface area contributed by atoms with Crippen molar-refractivity contribution in [3.63, 3.8) is 0 Å². The number of amides is 1. The Morgan fingerprint density at radius 3 is 2.06 bits per heavy atom. The highest BCUT2D eigenvalue weighted by Crippen LogP contribution is 2.13. The van der Waals surface area contributed by atoms with Crippen molar-refractivity contribution in [2.75, 3.05) is 12.9 Å². The van der Waals surface area contributed by atoms with Gasteiger partial charge in [-0.3, -0.25) is 4.79 Å². The largest absolute Gasteiger partial charge is 0.467 e. The lowest BCUT2D eigenvalue weighted by Gasteiger charge is -2.20. The van der Waals surface area contributed by atoms with Gasteiger partial charge in [0, 0.05) is 6.92 Å². The average Bonchev–Trinajstić information content (AvgIpc) is 2.24. The van der Waals surface area contributed by atoms with Gasteiger partial charge in [-0.25, -0.2) is 13.2 Å². The molecule has 0 rings (SSSR count). The van der Waals surface area contributed by atoms with Gasteiger partial charge in [-0.1, -0.05) is 13.8 Å². The van der Waals surface area contributed by atoms with E-state index in [1.54, 1.807) is 20.8 Å². The maximum absolute atomic E-state index is 12.0. The second kappa shape index (κ2) is 6.72. The molecule has 0 aromatic carbocycles. The van der Waals surface area contributed by atoms with Crippen LogP contribution in [0.25, 0.3) is 0 Å². The second-order valence-corrected chi connectivity index (χ2v) is 6.96. The van der Waals surface area contributed by atoms with E-state index in [4.69, 9.17) is 0 Å². The predicted molar refractivity (Wildman–Crippen MR) is 67.7 cm³/mol. The van der Waals surface area contributed by atoms with Gasteiger partial charge in [0.25, 0.3) is 0 Å². The molecule has 0 aliphatic carbocycles. The van der Waals surface area contributed by atoms with E-state index in [1.807, 2.05) is 0 Å². The molecule has 0 aromatic heterocycles. The molecule has 7 heteroatoms. The van der Waals surface area contributed by atoms with Crippen LogP contribution >= 0.6 is 0 Å². The fraction of sp³-hybridized carbons (Fsp3) is 0.818. The third-order valence-corrected chi connectivity index (χ3v) is 5.24. The number of hydrogen-bond donors (Lipinski definition) is 1. The summed E-state index contributed by atoms with van der Waals surface area (Å²) in [5.74, 6) is -1.74. The first kappa shape index (κ1) is 16.9. The van der Waals surface area contributed by atoms with E-state index >= 15 is 0 Å². The standard InChI is InChI=1S/C11H21NO5S/c1-7(2)8(3)18(15,16)6-10(11(14)17-5)12-9(4)13/h7-8,10H,6H2,1-5H3,(H,12,13). The second-order valence-electron chi connectivity index (χ2n) is 4.55. The number of ether oxygens (including phenoxy) is 1. The minimum absolute atomic E-state index is 0.0642. The first-order chi connectivity index (χ1) is 8.11. The van der Waals surface area contributed by atoms with Crippen LogP contribution in [0.5, 0.6) is 0 Å². The van der Waals surface area contributed by atoms with E-state index in [-0.39, 0.29) is 5.92 Å². The van der Waals surface area contributed by atoms with Crippen molar-refractivity contribution >= 4 is 21.7 Å². The number of carbonyl (C=O) groups excluding carboxylic acids is 2. The number of nitrogens with one attached hydrogen (secondary N) is 1. The van der Waals surface area contributed by atoms with Gasteiger partial charge in [-0.05, 0) is 12.8 Å². The number of rotatable bonds is 6. The summed E-state index contributed by atoms with van der Waals surface area (Å²) in [5.41, 5.74) is 0. The van der Waals surface area contributed by atoms with Crippen molar-refractivity contribution < 1.29 is 22.7 Å². The molecule has 0 saturated carbocycles. The molecule has 0 heterocycles. The molecule has 18 heavy (non-hydrogen) atoms. The van der Waals surface area contributed by atoms with Gasteiger partial charge in [0.05, 0.1) is 18.1 Å². The minimum Gasteiger partial charge on any atom is -0.467 e. The average molecular weight is 279 g/mol. The maximum Gasteiger partial charge on any atom is 0.329 e. The maximum atomic E-state index is 12.0. The van der Waals surface area contributed by atoms with E-state index in [0.717, 1.165) is 7.11 Å². The van der Waals surface area contributed by atoms with E-state index < -0.39 is 38.8 Å². The van der Waals surface area contributed by atoms with Crippen molar-refractivity contribution in [3.05, 3.63) is 0 Å². The van der Waals surface area contributed by atoms with Crippen molar-refractivity contribution in [2.24, 2.45) is 5.92 Å². The lowest BCUT2D eigenvalue weighted by atomic mass is 10.2. The van der Waals surface area contributed by atoms with Gasteiger partial charge in [-0.15, -0.1) is 0 Å². The summed E-state index contributed by atoms with van der Waals surface area (Å²) < 4.78 is 28.5. The van der Waals surface area contributed by atoms with Gasteiger partial charge in [0.2, 0.25) is 5.91 Å². The third kappa shape index (κ3) is 5.03. The van der Waals surface area contributed by atoms with Crippen LogP contribution in [0.3, 0.4) is 0 Å². The van der Waals surface area contributed by atoms with Gasteiger partial charge >= 0.3 is 5.97 Å². The summed E-state index contributed by atoms with van der Waals surface area (Å²) >= 11 is 0. The summed E-state index contributed by atoms with van der Waals surface area (Å²) in [6.07, 6.45) is 0. The molecule has 0 aliphatic rings. The van der Waals surface area contributed by atoms with Crippen LogP contribution in [0.2, 0.25) is 0 Å². The Balaban J connectivity index is 4.98. The highest BCUT2D eigenvalue weighted by atomic mass is 32.2. The molecule has 0 radical (unpaired) electrons. The number of sulfone groups is 1. The van der Waals surface area contributed by atoms with E-state index in [1.165, 1.54) is 6.92 Å². The zero-order valence-corrected chi connectivity index (χ0v) is 12.2. The fourth-order valence-corrected chi connectivity index (χ4v) is 3.17. The highest BCUT2D eigenvalue weighted by Gasteiger charge is 2.31. The molecule has 0 saturated heterocycles. The topological polar surface area (TPSA) is 89.5 Å².